The van der Waals surface area contributed by atoms with Gasteiger partial charge in [-0.2, -0.15) is 0 Å². The van der Waals surface area contributed by atoms with Crippen molar-refractivity contribution in [3.63, 3.8) is 0 Å². The fourth-order valence-electron chi connectivity index (χ4n) is 4.96. The van der Waals surface area contributed by atoms with Gasteiger partial charge in [0.2, 0.25) is 11.8 Å². The Morgan fingerprint density at radius 3 is 2.06 bits per heavy atom. The minimum atomic E-state index is -1.12. The average molecular weight is 453 g/mol. The second kappa shape index (κ2) is 9.08. The van der Waals surface area contributed by atoms with Gasteiger partial charge in [0, 0.05) is 12.6 Å². The molecule has 0 aliphatic carbocycles. The molecule has 2 heterocycles. The van der Waals surface area contributed by atoms with Crippen LogP contribution in [0.2, 0.25) is 0 Å². The summed E-state index contributed by atoms with van der Waals surface area (Å²) in [4.78, 5) is 39.6. The molecule has 170 valence electrons. The summed E-state index contributed by atoms with van der Waals surface area (Å²) in [6.07, 6.45) is 3.61. The number of amides is 2. The zero-order valence-electron chi connectivity index (χ0n) is 18.4. The molecule has 34 heavy (non-hydrogen) atoms. The Hall–Kier alpha value is -4.03. The standard InChI is InChI=1S/C28H24N2O4/c31-26-22-23(27(32)30(26)17-7-10-18-8-3-1-4-9-18)25(28(33)34)29-24(22)21-15-13-20(14-16-21)19-11-5-2-6-12-19/h1-16,22-25,29H,17H2,(H,33,34). The van der Waals surface area contributed by atoms with Gasteiger partial charge in [0.15, 0.2) is 0 Å². The number of carboxylic acids is 1. The molecule has 2 N–H and O–H groups in total. The molecule has 0 radical (unpaired) electrons. The van der Waals surface area contributed by atoms with E-state index in [9.17, 15) is 19.5 Å². The lowest BCUT2D eigenvalue weighted by molar-refractivity contribution is -0.145. The quantitative estimate of drug-likeness (QED) is 0.556. The molecule has 2 aliphatic rings. The zero-order valence-corrected chi connectivity index (χ0v) is 18.4. The van der Waals surface area contributed by atoms with E-state index >= 15 is 0 Å². The van der Waals surface area contributed by atoms with Crippen LogP contribution in [-0.2, 0) is 14.4 Å². The number of nitrogens with one attached hydrogen (secondary N) is 1. The molecular weight excluding hydrogens is 428 g/mol. The van der Waals surface area contributed by atoms with Crippen molar-refractivity contribution in [1.29, 1.82) is 0 Å². The Balaban J connectivity index is 1.40. The van der Waals surface area contributed by atoms with Gasteiger partial charge in [0.1, 0.15) is 6.04 Å². The fraction of sp³-hybridized carbons (Fsp3) is 0.179. The van der Waals surface area contributed by atoms with Gasteiger partial charge in [0.25, 0.3) is 0 Å². The number of hydrogen-bond donors (Lipinski definition) is 2. The van der Waals surface area contributed by atoms with E-state index in [1.807, 2.05) is 91.0 Å². The van der Waals surface area contributed by atoms with Crippen molar-refractivity contribution in [1.82, 2.24) is 10.2 Å². The monoisotopic (exact) mass is 452 g/mol. The molecule has 6 nitrogen and oxygen atoms in total. The molecule has 5 rings (SSSR count). The summed E-state index contributed by atoms with van der Waals surface area (Å²) in [5.41, 5.74) is 3.85. The van der Waals surface area contributed by atoms with Crippen LogP contribution in [0.25, 0.3) is 17.2 Å². The van der Waals surface area contributed by atoms with Gasteiger partial charge in [-0.3, -0.25) is 24.6 Å². The summed E-state index contributed by atoms with van der Waals surface area (Å²) < 4.78 is 0. The molecule has 0 bridgehead atoms. The first-order valence-corrected chi connectivity index (χ1v) is 11.3. The number of carbonyl (C=O) groups excluding carboxylic acids is 2. The molecule has 3 aromatic carbocycles. The third-order valence-corrected chi connectivity index (χ3v) is 6.61. The van der Waals surface area contributed by atoms with Gasteiger partial charge in [-0.15, -0.1) is 0 Å². The molecule has 2 amide bonds. The highest BCUT2D eigenvalue weighted by Crippen LogP contribution is 2.44. The lowest BCUT2D eigenvalue weighted by Gasteiger charge is -2.21. The molecule has 2 fully saturated rings. The minimum absolute atomic E-state index is 0.117. The van der Waals surface area contributed by atoms with Crippen molar-refractivity contribution in [3.8, 4) is 11.1 Å². The van der Waals surface area contributed by atoms with Crippen molar-refractivity contribution < 1.29 is 19.5 Å². The molecule has 2 aliphatic heterocycles. The van der Waals surface area contributed by atoms with Crippen LogP contribution < -0.4 is 5.32 Å². The first-order valence-electron chi connectivity index (χ1n) is 11.3. The molecule has 4 unspecified atom stereocenters. The van der Waals surface area contributed by atoms with Crippen LogP contribution >= 0.6 is 0 Å². The summed E-state index contributed by atoms with van der Waals surface area (Å²) in [7, 11) is 0. The molecule has 4 atom stereocenters. The maximum Gasteiger partial charge on any atom is 0.321 e. The number of nitrogens with zero attached hydrogens (tertiary/aromatic N) is 1. The van der Waals surface area contributed by atoms with Crippen molar-refractivity contribution in [3.05, 3.63) is 102 Å². The Labute approximate surface area is 197 Å². The fourth-order valence-corrected chi connectivity index (χ4v) is 4.96. The summed E-state index contributed by atoms with van der Waals surface area (Å²) in [6, 6.07) is 25.6. The van der Waals surface area contributed by atoms with Crippen molar-refractivity contribution in [2.75, 3.05) is 6.54 Å². The number of imide groups is 1. The number of carbonyl (C=O) groups is 3. The van der Waals surface area contributed by atoms with Crippen LogP contribution in [0, 0.1) is 11.8 Å². The summed E-state index contributed by atoms with van der Waals surface area (Å²) >= 11 is 0. The third-order valence-electron chi connectivity index (χ3n) is 6.61. The van der Waals surface area contributed by atoms with Crippen LogP contribution in [0.4, 0.5) is 0 Å². The highest BCUT2D eigenvalue weighted by molar-refractivity contribution is 6.08. The molecule has 0 aromatic heterocycles. The largest absolute Gasteiger partial charge is 0.480 e. The first-order chi connectivity index (χ1) is 16.5. The SMILES string of the molecule is O=C(O)C1NC(c2ccc(-c3ccccc3)cc2)C2C(=O)N(CC=Cc3ccccc3)C(=O)C12. The van der Waals surface area contributed by atoms with Crippen molar-refractivity contribution >= 4 is 23.9 Å². The number of fused-ring (bicyclic) bond motifs is 1. The van der Waals surface area contributed by atoms with E-state index in [-0.39, 0.29) is 12.5 Å². The van der Waals surface area contributed by atoms with Crippen LogP contribution in [0.3, 0.4) is 0 Å². The average Bonchev–Trinajstić information content (AvgIpc) is 3.38. The Morgan fingerprint density at radius 1 is 0.824 bits per heavy atom. The van der Waals surface area contributed by atoms with E-state index in [2.05, 4.69) is 5.32 Å². The van der Waals surface area contributed by atoms with Gasteiger partial charge < -0.3 is 5.11 Å². The lowest BCUT2D eigenvalue weighted by atomic mass is 9.86. The van der Waals surface area contributed by atoms with Gasteiger partial charge in [-0.1, -0.05) is 97.1 Å². The summed E-state index contributed by atoms with van der Waals surface area (Å²) in [5, 5.41) is 12.8. The van der Waals surface area contributed by atoms with Gasteiger partial charge in [0.05, 0.1) is 11.8 Å². The minimum Gasteiger partial charge on any atom is -0.480 e. The van der Waals surface area contributed by atoms with Crippen LogP contribution in [-0.4, -0.2) is 40.4 Å². The van der Waals surface area contributed by atoms with E-state index in [4.69, 9.17) is 0 Å². The van der Waals surface area contributed by atoms with Crippen LogP contribution in [0.1, 0.15) is 17.2 Å². The summed E-state index contributed by atoms with van der Waals surface area (Å²) in [5.74, 6) is -3.56. The predicted molar refractivity (Wildman–Crippen MR) is 128 cm³/mol. The maximum atomic E-state index is 13.3. The number of aliphatic carboxylic acids is 1. The number of likely N-dealkylation sites (tertiary alicyclic amines) is 1. The van der Waals surface area contributed by atoms with Crippen molar-refractivity contribution in [2.45, 2.75) is 12.1 Å². The zero-order chi connectivity index (χ0) is 23.7. The smallest absolute Gasteiger partial charge is 0.321 e. The van der Waals surface area contributed by atoms with Crippen LogP contribution in [0.15, 0.2) is 91.0 Å². The molecule has 3 aromatic rings. The normalized spacial score (nSPS) is 24.1. The van der Waals surface area contributed by atoms with E-state index in [0.29, 0.717) is 0 Å². The molecule has 2 saturated heterocycles. The molecule has 0 saturated carbocycles. The molecule has 6 heteroatoms. The van der Waals surface area contributed by atoms with Gasteiger partial charge in [-0.25, -0.2) is 0 Å². The Kier molecular flexibility index (Phi) is 5.82. The van der Waals surface area contributed by atoms with Crippen LogP contribution in [0.5, 0.6) is 0 Å². The van der Waals surface area contributed by atoms with E-state index < -0.39 is 35.8 Å². The second-order valence-electron chi connectivity index (χ2n) is 8.60. The first kappa shape index (κ1) is 21.8. The Morgan fingerprint density at radius 2 is 1.41 bits per heavy atom. The molecule has 0 spiro atoms. The number of carboxylic acid groups (broad SMARTS) is 1. The van der Waals surface area contributed by atoms with Crippen molar-refractivity contribution in [2.24, 2.45) is 11.8 Å². The highest BCUT2D eigenvalue weighted by Gasteiger charge is 2.60. The number of hydrogen-bond acceptors (Lipinski definition) is 4. The van der Waals surface area contributed by atoms with E-state index in [0.717, 1.165) is 22.3 Å². The molecular formula is C28H24N2O4. The van der Waals surface area contributed by atoms with Gasteiger partial charge in [-0.05, 0) is 22.3 Å². The van der Waals surface area contributed by atoms with E-state index in [1.165, 1.54) is 4.90 Å². The predicted octanol–water partition coefficient (Wildman–Crippen LogP) is 3.77. The van der Waals surface area contributed by atoms with Gasteiger partial charge >= 0.3 is 5.97 Å². The lowest BCUT2D eigenvalue weighted by Crippen LogP contribution is -2.43. The second-order valence-corrected chi connectivity index (χ2v) is 8.60. The maximum absolute atomic E-state index is 13.3. The third kappa shape index (κ3) is 3.93. The summed E-state index contributed by atoms with van der Waals surface area (Å²) in [6.45, 7) is 0.117. The highest BCUT2D eigenvalue weighted by atomic mass is 16.4. The topological polar surface area (TPSA) is 86.7 Å². The number of benzene rings is 3. The van der Waals surface area contributed by atoms with E-state index in [1.54, 1.807) is 6.08 Å². The number of rotatable bonds is 6. The Bertz CT molecular complexity index is 1240.